The number of hydrogen-bond acceptors (Lipinski definition) is 13. The summed E-state index contributed by atoms with van der Waals surface area (Å²) in [5.41, 5.74) is 6.44. The lowest BCUT2D eigenvalue weighted by Crippen LogP contribution is -2.15. The molecule has 0 radical (unpaired) electrons. The third-order valence-electron chi connectivity index (χ3n) is 7.27. The Labute approximate surface area is 308 Å². The highest BCUT2D eigenvalue weighted by atomic mass is 16.6. The fraction of sp³-hybridized carbons (Fsp3) is 0.842. The van der Waals surface area contributed by atoms with Crippen molar-refractivity contribution in [3.8, 4) is 5.75 Å². The maximum absolute atomic E-state index is 5.83. The maximum Gasteiger partial charge on any atom is 0.142 e. The predicted molar refractivity (Wildman–Crippen MR) is 198 cm³/mol. The average molecular weight is 734 g/mol. The first-order chi connectivity index (χ1) is 25.3. The highest BCUT2D eigenvalue weighted by Crippen LogP contribution is 2.19. The second-order valence-electron chi connectivity index (χ2n) is 11.6. The quantitative estimate of drug-likeness (QED) is 0.0715. The van der Waals surface area contributed by atoms with E-state index in [1.165, 1.54) is 44.9 Å². The molecule has 0 atom stereocenters. The first kappa shape index (κ1) is 47.4. The number of ether oxygens (including phenoxy) is 12. The SMILES string of the molecule is CCCCCCCCCCOCCOCCOCCOCCOCCOCCOCCOCCOCCOCCOCCOc1ccccc1N. The van der Waals surface area contributed by atoms with Crippen molar-refractivity contribution in [3.63, 3.8) is 0 Å². The number of anilines is 1. The molecule has 0 saturated heterocycles. The van der Waals surface area contributed by atoms with Crippen LogP contribution >= 0.6 is 0 Å². The number of unbranched alkanes of at least 4 members (excludes halogenated alkanes) is 7. The number of rotatable bonds is 43. The van der Waals surface area contributed by atoms with E-state index in [0.29, 0.717) is 157 Å². The van der Waals surface area contributed by atoms with Crippen LogP contribution in [0.3, 0.4) is 0 Å². The van der Waals surface area contributed by atoms with Crippen LogP contribution in [-0.4, -0.2) is 152 Å². The van der Waals surface area contributed by atoms with Gasteiger partial charge >= 0.3 is 0 Å². The first-order valence-electron chi connectivity index (χ1n) is 19.2. The molecule has 13 heteroatoms. The Morgan fingerprint density at radius 1 is 0.333 bits per heavy atom. The number of para-hydroxylation sites is 2. The van der Waals surface area contributed by atoms with Gasteiger partial charge in [0.15, 0.2) is 0 Å². The molecule has 0 unspecified atom stereocenters. The van der Waals surface area contributed by atoms with Gasteiger partial charge in [0.2, 0.25) is 0 Å². The van der Waals surface area contributed by atoms with Crippen molar-refractivity contribution in [1.82, 2.24) is 0 Å². The lowest BCUT2D eigenvalue weighted by Gasteiger charge is -2.10. The zero-order valence-corrected chi connectivity index (χ0v) is 31.7. The van der Waals surface area contributed by atoms with Gasteiger partial charge in [-0.3, -0.25) is 0 Å². The summed E-state index contributed by atoms with van der Waals surface area (Å²) < 4.78 is 66.2. The molecule has 1 rings (SSSR count). The van der Waals surface area contributed by atoms with Crippen molar-refractivity contribution < 1.29 is 56.8 Å². The largest absolute Gasteiger partial charge is 0.489 e. The molecule has 0 aliphatic heterocycles. The fourth-order valence-electron chi connectivity index (χ4n) is 4.46. The molecule has 0 spiro atoms. The summed E-state index contributed by atoms with van der Waals surface area (Å²) in [7, 11) is 0. The summed E-state index contributed by atoms with van der Waals surface area (Å²) in [5.74, 6) is 0.670. The van der Waals surface area contributed by atoms with Crippen LogP contribution in [0.2, 0.25) is 0 Å². The molecule has 0 bridgehead atoms. The molecule has 2 N–H and O–H groups in total. The summed E-state index contributed by atoms with van der Waals surface area (Å²) in [4.78, 5) is 0. The van der Waals surface area contributed by atoms with E-state index < -0.39 is 0 Å². The van der Waals surface area contributed by atoms with Crippen molar-refractivity contribution in [3.05, 3.63) is 24.3 Å². The molecule has 13 nitrogen and oxygen atoms in total. The molecule has 1 aromatic rings. The van der Waals surface area contributed by atoms with Gasteiger partial charge in [-0.2, -0.15) is 0 Å². The second kappa shape index (κ2) is 41.1. The maximum atomic E-state index is 5.83. The van der Waals surface area contributed by atoms with Crippen LogP contribution in [0.15, 0.2) is 24.3 Å². The van der Waals surface area contributed by atoms with Crippen molar-refractivity contribution in [2.75, 3.05) is 158 Å². The van der Waals surface area contributed by atoms with Crippen molar-refractivity contribution in [1.29, 1.82) is 0 Å². The number of nitrogen functional groups attached to an aromatic ring is 1. The Morgan fingerprint density at radius 3 is 0.941 bits per heavy atom. The Balaban J connectivity index is 1.61. The molecule has 0 heterocycles. The standard InChI is InChI=1S/C38H71NO12/c1-2-3-4-5-6-7-8-11-14-40-15-16-41-17-18-42-19-20-43-21-22-44-23-24-45-25-26-46-27-28-47-29-30-48-31-32-49-33-34-50-35-36-51-38-13-10-9-12-37(38)39/h9-10,12-13H,2-8,11,14-36,39H2,1H3. The van der Waals surface area contributed by atoms with E-state index in [4.69, 9.17) is 62.6 Å². The van der Waals surface area contributed by atoms with Gasteiger partial charge in [-0.15, -0.1) is 0 Å². The first-order valence-corrected chi connectivity index (χ1v) is 19.2. The Morgan fingerprint density at radius 2 is 0.608 bits per heavy atom. The van der Waals surface area contributed by atoms with E-state index in [2.05, 4.69) is 6.92 Å². The van der Waals surface area contributed by atoms with Crippen molar-refractivity contribution >= 4 is 5.69 Å². The van der Waals surface area contributed by atoms with E-state index in [1.807, 2.05) is 18.2 Å². The van der Waals surface area contributed by atoms with E-state index in [-0.39, 0.29) is 0 Å². The molecule has 300 valence electrons. The Hall–Kier alpha value is -1.62. The average Bonchev–Trinajstić information content (AvgIpc) is 3.14. The molecular weight excluding hydrogens is 662 g/mol. The molecule has 1 aromatic carbocycles. The topological polar surface area (TPSA) is 137 Å². The van der Waals surface area contributed by atoms with Gasteiger partial charge in [0, 0.05) is 6.61 Å². The highest BCUT2D eigenvalue weighted by Gasteiger charge is 1.99. The molecule has 0 fully saturated rings. The third-order valence-corrected chi connectivity index (χ3v) is 7.27. The van der Waals surface area contributed by atoms with Gasteiger partial charge < -0.3 is 62.6 Å². The summed E-state index contributed by atoms with van der Waals surface area (Å²) in [6.07, 6.45) is 10.5. The van der Waals surface area contributed by atoms with Gasteiger partial charge in [-0.1, -0.05) is 64.0 Å². The van der Waals surface area contributed by atoms with Crippen molar-refractivity contribution in [2.45, 2.75) is 58.3 Å². The molecular formula is C38H71NO12. The smallest absolute Gasteiger partial charge is 0.142 e. The molecule has 0 aliphatic rings. The summed E-state index contributed by atoms with van der Waals surface area (Å²) in [5, 5.41) is 0. The summed E-state index contributed by atoms with van der Waals surface area (Å²) in [6, 6.07) is 7.39. The minimum Gasteiger partial charge on any atom is -0.489 e. The van der Waals surface area contributed by atoms with Crippen LogP contribution in [-0.2, 0) is 52.1 Å². The zero-order valence-electron chi connectivity index (χ0n) is 31.7. The molecule has 0 saturated carbocycles. The van der Waals surface area contributed by atoms with Gasteiger partial charge in [-0.05, 0) is 18.6 Å². The van der Waals surface area contributed by atoms with Crippen LogP contribution in [0.4, 0.5) is 5.69 Å². The minimum absolute atomic E-state index is 0.439. The monoisotopic (exact) mass is 733 g/mol. The molecule has 0 aliphatic carbocycles. The Bertz CT molecular complexity index is 810. The lowest BCUT2D eigenvalue weighted by molar-refractivity contribution is -0.0277. The van der Waals surface area contributed by atoms with E-state index >= 15 is 0 Å². The van der Waals surface area contributed by atoms with Crippen LogP contribution in [0.5, 0.6) is 5.75 Å². The van der Waals surface area contributed by atoms with E-state index in [1.54, 1.807) is 6.07 Å². The normalized spacial score (nSPS) is 11.5. The van der Waals surface area contributed by atoms with Gasteiger partial charge in [-0.25, -0.2) is 0 Å². The number of hydrogen-bond donors (Lipinski definition) is 1. The number of nitrogens with two attached hydrogens (primary N) is 1. The van der Waals surface area contributed by atoms with Crippen LogP contribution < -0.4 is 10.5 Å². The second-order valence-corrected chi connectivity index (χ2v) is 11.6. The summed E-state index contributed by atoms with van der Waals surface area (Å²) in [6.45, 7) is 14.6. The highest BCUT2D eigenvalue weighted by molar-refractivity contribution is 5.51. The van der Waals surface area contributed by atoms with Gasteiger partial charge in [0.05, 0.1) is 144 Å². The molecule has 0 amide bonds. The minimum atomic E-state index is 0.439. The van der Waals surface area contributed by atoms with Gasteiger partial charge in [0.25, 0.3) is 0 Å². The Kier molecular flexibility index (Phi) is 38.2. The van der Waals surface area contributed by atoms with Crippen LogP contribution in [0.25, 0.3) is 0 Å². The lowest BCUT2D eigenvalue weighted by atomic mass is 10.1. The van der Waals surface area contributed by atoms with E-state index in [0.717, 1.165) is 13.0 Å². The van der Waals surface area contributed by atoms with Gasteiger partial charge in [0.1, 0.15) is 12.4 Å². The number of benzene rings is 1. The fourth-order valence-corrected chi connectivity index (χ4v) is 4.46. The van der Waals surface area contributed by atoms with Crippen LogP contribution in [0.1, 0.15) is 58.3 Å². The third kappa shape index (κ3) is 36.5. The van der Waals surface area contributed by atoms with Crippen molar-refractivity contribution in [2.24, 2.45) is 0 Å². The molecule has 0 aromatic heterocycles. The zero-order chi connectivity index (χ0) is 36.4. The molecule has 51 heavy (non-hydrogen) atoms. The predicted octanol–water partition coefficient (Wildman–Crippen LogP) is 4.97. The van der Waals surface area contributed by atoms with E-state index in [9.17, 15) is 0 Å². The van der Waals surface area contributed by atoms with Crippen LogP contribution in [0, 0.1) is 0 Å². The summed E-state index contributed by atoms with van der Waals surface area (Å²) >= 11 is 0.